The largest absolute Gasteiger partial charge is 0.330 e. The summed E-state index contributed by atoms with van der Waals surface area (Å²) in [6, 6.07) is 10.9. The smallest absolute Gasteiger partial charge is 0.0649 e. The Morgan fingerprint density at radius 3 is 2.63 bits per heavy atom. The van der Waals surface area contributed by atoms with Crippen LogP contribution >= 0.6 is 0 Å². The lowest BCUT2D eigenvalue weighted by atomic mass is 9.98. The van der Waals surface area contributed by atoms with E-state index < -0.39 is 0 Å². The lowest BCUT2D eigenvalue weighted by Crippen LogP contribution is -2.05. The van der Waals surface area contributed by atoms with Gasteiger partial charge < -0.3 is 5.73 Å². The Morgan fingerprint density at radius 2 is 2.00 bits per heavy atom. The number of rotatable bonds is 5. The van der Waals surface area contributed by atoms with Gasteiger partial charge in [0.1, 0.15) is 0 Å². The topological polar surface area (TPSA) is 43.8 Å². The predicted molar refractivity (Wildman–Crippen MR) is 77.6 cm³/mol. The molecule has 2 aromatic rings. The van der Waals surface area contributed by atoms with Crippen LogP contribution in [0.25, 0.3) is 5.69 Å². The minimum atomic E-state index is 0.527. The lowest BCUT2D eigenvalue weighted by Gasteiger charge is -2.12. The van der Waals surface area contributed by atoms with Gasteiger partial charge in [-0.05, 0) is 55.5 Å². The Labute approximate surface area is 114 Å². The molecule has 0 aliphatic heterocycles. The highest BCUT2D eigenvalue weighted by Gasteiger charge is 2.27. The third-order valence-corrected chi connectivity index (χ3v) is 3.97. The molecule has 2 N–H and O–H groups in total. The summed E-state index contributed by atoms with van der Waals surface area (Å²) in [6.45, 7) is 2.97. The lowest BCUT2D eigenvalue weighted by molar-refractivity contribution is 0.689. The number of nitrogens with zero attached hydrogens (tertiary/aromatic N) is 2. The first kappa shape index (κ1) is 12.4. The van der Waals surface area contributed by atoms with Crippen molar-refractivity contribution in [1.29, 1.82) is 0 Å². The van der Waals surface area contributed by atoms with Gasteiger partial charge in [0, 0.05) is 17.8 Å². The van der Waals surface area contributed by atoms with Gasteiger partial charge in [0.25, 0.3) is 0 Å². The molecular formula is C16H21N3. The molecule has 0 saturated heterocycles. The van der Waals surface area contributed by atoms with E-state index in [0.29, 0.717) is 5.92 Å². The molecule has 0 amide bonds. The summed E-state index contributed by atoms with van der Waals surface area (Å²) in [7, 11) is 0. The summed E-state index contributed by atoms with van der Waals surface area (Å²) in [4.78, 5) is 0. The zero-order valence-corrected chi connectivity index (χ0v) is 11.4. The van der Waals surface area contributed by atoms with Crippen molar-refractivity contribution >= 4 is 0 Å². The Kier molecular flexibility index (Phi) is 3.38. The van der Waals surface area contributed by atoms with Gasteiger partial charge in [0.15, 0.2) is 0 Å². The molecule has 100 valence electrons. The summed E-state index contributed by atoms with van der Waals surface area (Å²) in [6.07, 6.45) is 5.54. The number of benzene rings is 1. The van der Waals surface area contributed by atoms with Gasteiger partial charge >= 0.3 is 0 Å². The average Bonchev–Trinajstić information content (AvgIpc) is 3.17. The molecule has 1 aliphatic rings. The highest BCUT2D eigenvalue weighted by atomic mass is 15.3. The van der Waals surface area contributed by atoms with Gasteiger partial charge in [-0.25, -0.2) is 4.68 Å². The minimum absolute atomic E-state index is 0.527. The molecule has 1 unspecified atom stereocenters. The van der Waals surface area contributed by atoms with Crippen LogP contribution in [0, 0.1) is 0 Å². The average molecular weight is 255 g/mol. The fourth-order valence-electron chi connectivity index (χ4n) is 2.58. The van der Waals surface area contributed by atoms with E-state index in [1.54, 1.807) is 0 Å². The molecule has 1 fully saturated rings. The SMILES string of the molecule is CC(CCN)c1ccc(-n2nccc2C2CC2)cc1. The monoisotopic (exact) mass is 255 g/mol. The summed E-state index contributed by atoms with van der Waals surface area (Å²) in [5, 5.41) is 4.46. The quantitative estimate of drug-likeness (QED) is 0.891. The Morgan fingerprint density at radius 1 is 1.26 bits per heavy atom. The van der Waals surface area contributed by atoms with E-state index in [1.165, 1.54) is 24.1 Å². The molecule has 3 rings (SSSR count). The van der Waals surface area contributed by atoms with Crippen molar-refractivity contribution in [2.24, 2.45) is 5.73 Å². The Bertz CT molecular complexity index is 537. The maximum Gasteiger partial charge on any atom is 0.0649 e. The van der Waals surface area contributed by atoms with Gasteiger partial charge in [-0.1, -0.05) is 19.1 Å². The third kappa shape index (κ3) is 2.56. The highest BCUT2D eigenvalue weighted by molar-refractivity contribution is 5.37. The van der Waals surface area contributed by atoms with Crippen molar-refractivity contribution in [3.8, 4) is 5.69 Å². The van der Waals surface area contributed by atoms with Crippen LogP contribution in [-0.4, -0.2) is 16.3 Å². The molecule has 1 aromatic carbocycles. The van der Waals surface area contributed by atoms with Crippen LogP contribution in [0.5, 0.6) is 0 Å². The van der Waals surface area contributed by atoms with E-state index in [9.17, 15) is 0 Å². The Balaban J connectivity index is 1.83. The van der Waals surface area contributed by atoms with Crippen LogP contribution < -0.4 is 5.73 Å². The van der Waals surface area contributed by atoms with Crippen LogP contribution in [0.3, 0.4) is 0 Å². The van der Waals surface area contributed by atoms with E-state index >= 15 is 0 Å². The van der Waals surface area contributed by atoms with Crippen LogP contribution in [0.4, 0.5) is 0 Å². The van der Waals surface area contributed by atoms with Gasteiger partial charge in [0.05, 0.1) is 5.69 Å². The van der Waals surface area contributed by atoms with Crippen molar-refractivity contribution in [2.45, 2.75) is 38.0 Å². The number of nitrogens with two attached hydrogens (primary N) is 1. The standard InChI is InChI=1S/C16H21N3/c1-12(8-10-17)13-4-6-15(7-5-13)19-16(9-11-18-19)14-2-3-14/h4-7,9,11-12,14H,2-3,8,10,17H2,1H3. The molecule has 1 heterocycles. The molecule has 1 atom stereocenters. The van der Waals surface area contributed by atoms with Crippen molar-refractivity contribution < 1.29 is 0 Å². The molecule has 3 heteroatoms. The van der Waals surface area contributed by atoms with Crippen LogP contribution in [0.15, 0.2) is 36.5 Å². The molecule has 1 saturated carbocycles. The van der Waals surface area contributed by atoms with Crippen LogP contribution in [-0.2, 0) is 0 Å². The van der Waals surface area contributed by atoms with E-state index in [1.807, 2.05) is 6.20 Å². The molecule has 0 spiro atoms. The van der Waals surface area contributed by atoms with E-state index in [-0.39, 0.29) is 0 Å². The van der Waals surface area contributed by atoms with Crippen molar-refractivity contribution in [3.63, 3.8) is 0 Å². The second kappa shape index (κ2) is 5.17. The molecule has 1 aliphatic carbocycles. The predicted octanol–water partition coefficient (Wildman–Crippen LogP) is 3.20. The van der Waals surface area contributed by atoms with Gasteiger partial charge in [0.2, 0.25) is 0 Å². The zero-order valence-electron chi connectivity index (χ0n) is 11.4. The number of hydrogen-bond acceptors (Lipinski definition) is 2. The Hall–Kier alpha value is -1.61. The molecule has 19 heavy (non-hydrogen) atoms. The van der Waals surface area contributed by atoms with E-state index in [0.717, 1.165) is 24.6 Å². The van der Waals surface area contributed by atoms with Crippen LogP contribution in [0.1, 0.15) is 49.3 Å². The van der Waals surface area contributed by atoms with Crippen molar-refractivity contribution in [3.05, 3.63) is 47.8 Å². The van der Waals surface area contributed by atoms with Gasteiger partial charge in [-0.2, -0.15) is 5.10 Å². The molecule has 3 nitrogen and oxygen atoms in total. The molecular weight excluding hydrogens is 234 g/mol. The van der Waals surface area contributed by atoms with Gasteiger partial charge in [-0.3, -0.25) is 0 Å². The fraction of sp³-hybridized carbons (Fsp3) is 0.438. The molecule has 0 radical (unpaired) electrons. The zero-order chi connectivity index (χ0) is 13.2. The molecule has 1 aromatic heterocycles. The van der Waals surface area contributed by atoms with Crippen molar-refractivity contribution in [2.75, 3.05) is 6.54 Å². The number of hydrogen-bond donors (Lipinski definition) is 1. The first-order chi connectivity index (χ1) is 9.29. The molecule has 0 bridgehead atoms. The second-order valence-electron chi connectivity index (χ2n) is 5.51. The van der Waals surface area contributed by atoms with Crippen molar-refractivity contribution in [1.82, 2.24) is 9.78 Å². The maximum absolute atomic E-state index is 5.62. The minimum Gasteiger partial charge on any atom is -0.330 e. The second-order valence-corrected chi connectivity index (χ2v) is 5.51. The number of aromatic nitrogens is 2. The van der Waals surface area contributed by atoms with E-state index in [2.05, 4.69) is 47.0 Å². The summed E-state index contributed by atoms with van der Waals surface area (Å²) < 4.78 is 2.08. The summed E-state index contributed by atoms with van der Waals surface area (Å²) >= 11 is 0. The van der Waals surface area contributed by atoms with Crippen LogP contribution in [0.2, 0.25) is 0 Å². The normalized spacial score (nSPS) is 16.5. The van der Waals surface area contributed by atoms with Gasteiger partial charge in [-0.15, -0.1) is 0 Å². The maximum atomic E-state index is 5.62. The highest BCUT2D eigenvalue weighted by Crippen LogP contribution is 2.40. The summed E-state index contributed by atoms with van der Waals surface area (Å²) in [5.74, 6) is 1.25. The third-order valence-electron chi connectivity index (χ3n) is 3.97. The van der Waals surface area contributed by atoms with E-state index in [4.69, 9.17) is 5.73 Å². The summed E-state index contributed by atoms with van der Waals surface area (Å²) in [5.41, 5.74) is 9.49. The first-order valence-electron chi connectivity index (χ1n) is 7.14. The fourth-order valence-corrected chi connectivity index (χ4v) is 2.58. The first-order valence-corrected chi connectivity index (χ1v) is 7.14.